The summed E-state index contributed by atoms with van der Waals surface area (Å²) in [6.07, 6.45) is 1.12. The van der Waals surface area contributed by atoms with Crippen LogP contribution in [0.2, 0.25) is 0 Å². The van der Waals surface area contributed by atoms with Crippen LogP contribution in [0.3, 0.4) is 0 Å². The van der Waals surface area contributed by atoms with Gasteiger partial charge in [0.1, 0.15) is 0 Å². The van der Waals surface area contributed by atoms with Gasteiger partial charge >= 0.3 is 11.9 Å². The number of hydrogen-bond acceptors (Lipinski definition) is 7. The van der Waals surface area contributed by atoms with Gasteiger partial charge in [0.05, 0.1) is 19.0 Å². The fourth-order valence-electron chi connectivity index (χ4n) is 4.02. The van der Waals surface area contributed by atoms with Crippen LogP contribution < -0.4 is 0 Å². The Morgan fingerprint density at radius 3 is 2.11 bits per heavy atom. The van der Waals surface area contributed by atoms with Crippen LogP contribution in [-0.4, -0.2) is 85.1 Å². The van der Waals surface area contributed by atoms with Crippen molar-refractivity contribution in [3.63, 3.8) is 0 Å². The Hall–Kier alpha value is -3.54. The van der Waals surface area contributed by atoms with E-state index in [1.165, 1.54) is 0 Å². The molecule has 2 aliphatic rings. The minimum Gasteiger partial charge on any atom is -0.478 e. The summed E-state index contributed by atoms with van der Waals surface area (Å²) in [7, 11) is -3.69. The van der Waals surface area contributed by atoms with Crippen LogP contribution >= 0.6 is 0 Å². The van der Waals surface area contributed by atoms with Crippen molar-refractivity contribution in [1.82, 2.24) is 9.21 Å². The molecule has 2 aliphatic heterocycles. The fraction of sp³-hybridized carbons (Fsp3) is 0.320. The Morgan fingerprint density at radius 2 is 1.50 bits per heavy atom. The number of carboxylic acids is 2. The van der Waals surface area contributed by atoms with Gasteiger partial charge in [-0.2, -0.15) is 0 Å². The predicted octanol–water partition coefficient (Wildman–Crippen LogP) is 1.80. The molecule has 2 heterocycles. The van der Waals surface area contributed by atoms with Crippen LogP contribution in [0.15, 0.2) is 66.7 Å². The number of carboxylic acid groups (broad SMARTS) is 2. The summed E-state index contributed by atoms with van der Waals surface area (Å²) < 4.78 is 32.3. The molecule has 2 N–H and O–H groups in total. The molecule has 0 aromatic heterocycles. The number of carbonyl (C=O) groups is 3. The molecule has 192 valence electrons. The van der Waals surface area contributed by atoms with E-state index in [1.54, 1.807) is 24.3 Å². The van der Waals surface area contributed by atoms with Crippen LogP contribution in [0, 0.1) is 0 Å². The largest absolute Gasteiger partial charge is 0.478 e. The number of amides is 1. The number of hydrogen-bond donors (Lipinski definition) is 2. The Bertz CT molecular complexity index is 1190. The average molecular weight is 517 g/mol. The number of sulfonamides is 1. The first-order valence-electron chi connectivity index (χ1n) is 11.3. The van der Waals surface area contributed by atoms with Crippen molar-refractivity contribution in [3.05, 3.63) is 83.4 Å². The van der Waals surface area contributed by atoms with Gasteiger partial charge in [0.2, 0.25) is 10.0 Å². The summed E-state index contributed by atoms with van der Waals surface area (Å²) in [5, 5.41) is 15.6. The molecule has 1 amide bonds. The van der Waals surface area contributed by atoms with Crippen molar-refractivity contribution >= 4 is 27.9 Å². The third kappa shape index (κ3) is 7.48. The topological polar surface area (TPSA) is 142 Å². The number of carbonyl (C=O) groups excluding carboxylic acids is 1. The molecule has 0 radical (unpaired) electrons. The summed E-state index contributed by atoms with van der Waals surface area (Å²) in [4.78, 5) is 34.4. The van der Waals surface area contributed by atoms with Crippen molar-refractivity contribution in [2.45, 2.75) is 11.7 Å². The van der Waals surface area contributed by atoms with E-state index in [2.05, 4.69) is 4.90 Å². The Morgan fingerprint density at radius 1 is 0.917 bits per heavy atom. The molecule has 0 saturated carbocycles. The lowest BCUT2D eigenvalue weighted by Crippen LogP contribution is -2.46. The van der Waals surface area contributed by atoms with Crippen molar-refractivity contribution in [3.8, 4) is 0 Å². The zero-order valence-corrected chi connectivity index (χ0v) is 20.3. The van der Waals surface area contributed by atoms with Gasteiger partial charge in [-0.05, 0) is 17.2 Å². The molecule has 0 spiro atoms. The molecular weight excluding hydrogens is 488 g/mol. The van der Waals surface area contributed by atoms with Gasteiger partial charge in [0.15, 0.2) is 0 Å². The van der Waals surface area contributed by atoms with Gasteiger partial charge in [-0.1, -0.05) is 48.5 Å². The lowest BCUT2D eigenvalue weighted by atomic mass is 9.97. The molecule has 1 fully saturated rings. The summed E-state index contributed by atoms with van der Waals surface area (Å²) >= 11 is 0. The summed E-state index contributed by atoms with van der Waals surface area (Å²) in [6.45, 7) is 3.82. The number of morpholine rings is 1. The van der Waals surface area contributed by atoms with Crippen molar-refractivity contribution < 1.29 is 37.8 Å². The third-order valence-corrected chi connectivity index (χ3v) is 7.42. The zero-order valence-electron chi connectivity index (χ0n) is 19.5. The minimum absolute atomic E-state index is 0.0942. The second-order valence-corrected chi connectivity index (χ2v) is 10.2. The first-order chi connectivity index (χ1) is 17.2. The van der Waals surface area contributed by atoms with Gasteiger partial charge in [-0.25, -0.2) is 22.3 Å². The van der Waals surface area contributed by atoms with E-state index in [-0.39, 0.29) is 18.2 Å². The van der Waals surface area contributed by atoms with Gasteiger partial charge in [0.25, 0.3) is 5.91 Å². The first-order valence-corrected chi connectivity index (χ1v) is 12.9. The van der Waals surface area contributed by atoms with Crippen LogP contribution in [0.4, 0.5) is 0 Å². The second kappa shape index (κ2) is 12.4. The highest BCUT2D eigenvalue weighted by molar-refractivity contribution is 7.89. The van der Waals surface area contributed by atoms with E-state index < -0.39 is 27.9 Å². The highest BCUT2D eigenvalue weighted by Gasteiger charge is 2.37. The van der Waals surface area contributed by atoms with E-state index in [1.807, 2.05) is 30.3 Å². The Labute approximate surface area is 209 Å². The normalized spacial score (nSPS) is 18.1. The molecule has 10 nitrogen and oxygen atoms in total. The molecule has 11 heteroatoms. The van der Waals surface area contributed by atoms with Crippen LogP contribution in [0.25, 0.3) is 0 Å². The van der Waals surface area contributed by atoms with E-state index in [9.17, 15) is 22.8 Å². The molecule has 0 aliphatic carbocycles. The maximum absolute atomic E-state index is 13.0. The second-order valence-electron chi connectivity index (χ2n) is 8.28. The quantitative estimate of drug-likeness (QED) is 0.527. The number of nitrogens with zero attached hydrogens (tertiary/aromatic N) is 2. The standard InChI is InChI=1S/C21H24N2O4S.C4H4O4/c24-21-20-9-5-4-8-18(20)16-28(25,26)23(21)15-19(17-6-2-1-3-7-17)14-22-10-12-27-13-11-22;5-3(6)1-2-4(7)8/h1-9,19H,10-16H2;1-2H,(H,5,6)(H,7,8)/b;2-1+. The highest BCUT2D eigenvalue weighted by atomic mass is 32.2. The molecule has 1 atom stereocenters. The summed E-state index contributed by atoms with van der Waals surface area (Å²) in [5.41, 5.74) is 2.10. The molecule has 1 saturated heterocycles. The molecule has 1 unspecified atom stereocenters. The highest BCUT2D eigenvalue weighted by Crippen LogP contribution is 2.28. The lowest BCUT2D eigenvalue weighted by molar-refractivity contribution is -0.134. The predicted molar refractivity (Wildman–Crippen MR) is 131 cm³/mol. The zero-order chi connectivity index (χ0) is 26.1. The van der Waals surface area contributed by atoms with Crippen molar-refractivity contribution in [1.29, 1.82) is 0 Å². The average Bonchev–Trinajstić information content (AvgIpc) is 2.86. The molecule has 0 bridgehead atoms. The fourth-order valence-corrected chi connectivity index (χ4v) is 5.58. The van der Waals surface area contributed by atoms with E-state index in [4.69, 9.17) is 14.9 Å². The molecule has 36 heavy (non-hydrogen) atoms. The van der Waals surface area contributed by atoms with Gasteiger partial charge < -0.3 is 14.9 Å². The van der Waals surface area contributed by atoms with E-state index in [0.29, 0.717) is 43.0 Å². The summed E-state index contributed by atoms with van der Waals surface area (Å²) in [5.74, 6) is -3.17. The lowest BCUT2D eigenvalue weighted by Gasteiger charge is -2.35. The maximum Gasteiger partial charge on any atom is 0.328 e. The van der Waals surface area contributed by atoms with Crippen LogP contribution in [-0.2, 0) is 30.1 Å². The van der Waals surface area contributed by atoms with Crippen molar-refractivity contribution in [2.24, 2.45) is 0 Å². The van der Waals surface area contributed by atoms with Gasteiger partial charge in [-0.3, -0.25) is 9.69 Å². The smallest absolute Gasteiger partial charge is 0.328 e. The Kier molecular flexibility index (Phi) is 9.34. The van der Waals surface area contributed by atoms with Crippen molar-refractivity contribution in [2.75, 3.05) is 39.4 Å². The van der Waals surface area contributed by atoms with E-state index in [0.717, 1.165) is 23.0 Å². The number of ether oxygens (including phenoxy) is 1. The molecule has 2 aromatic rings. The monoisotopic (exact) mass is 516 g/mol. The van der Waals surface area contributed by atoms with Crippen LogP contribution in [0.1, 0.15) is 27.4 Å². The molecule has 4 rings (SSSR count). The third-order valence-electron chi connectivity index (χ3n) is 5.76. The molecule has 2 aromatic carbocycles. The van der Waals surface area contributed by atoms with E-state index >= 15 is 0 Å². The Balaban J connectivity index is 0.000000392. The van der Waals surface area contributed by atoms with Crippen LogP contribution in [0.5, 0.6) is 0 Å². The van der Waals surface area contributed by atoms with Gasteiger partial charge in [0, 0.05) is 49.8 Å². The number of rotatable bonds is 7. The SMILES string of the molecule is O=C(O)/C=C/C(=O)O.O=C1c2ccccc2CS(=O)(=O)N1CC(CN1CCOCC1)c1ccccc1. The number of benzene rings is 2. The maximum atomic E-state index is 13.0. The first kappa shape index (κ1) is 27.1. The number of fused-ring (bicyclic) bond motifs is 1. The summed E-state index contributed by atoms with van der Waals surface area (Å²) in [6, 6.07) is 16.8. The minimum atomic E-state index is -3.69. The van der Waals surface area contributed by atoms with Gasteiger partial charge in [-0.15, -0.1) is 0 Å². The molecular formula is C25H28N2O8S. The number of aliphatic carboxylic acids is 2.